The molecule has 0 aliphatic rings. The Balaban J connectivity index is 1.61. The molecule has 0 aromatic heterocycles. The number of carbonyl (C=O) groups excluding carboxylic acids is 1. The average Bonchev–Trinajstić information content (AvgIpc) is 2.68. The molecule has 0 aliphatic carbocycles. The molecule has 3 aromatic carbocycles. The van der Waals surface area contributed by atoms with E-state index in [1.807, 2.05) is 43.3 Å². The Hall–Kier alpha value is -3.14. The maximum atomic E-state index is 13.0. The van der Waals surface area contributed by atoms with Crippen LogP contribution in [0.25, 0.3) is 0 Å². The van der Waals surface area contributed by atoms with Gasteiger partial charge in [0.25, 0.3) is 0 Å². The quantitative estimate of drug-likeness (QED) is 0.480. The summed E-state index contributed by atoms with van der Waals surface area (Å²) in [4.78, 5) is 11.1. The van der Waals surface area contributed by atoms with Crippen LogP contribution in [0.15, 0.2) is 66.7 Å². The van der Waals surface area contributed by atoms with Crippen molar-refractivity contribution >= 4 is 5.78 Å². The van der Waals surface area contributed by atoms with Crippen molar-refractivity contribution in [3.63, 3.8) is 0 Å². The van der Waals surface area contributed by atoms with Gasteiger partial charge in [-0.05, 0) is 79.4 Å². The summed E-state index contributed by atoms with van der Waals surface area (Å²) in [7, 11) is 0. The van der Waals surface area contributed by atoms with Gasteiger partial charge in [0.1, 0.15) is 35.5 Å². The molecule has 3 nitrogen and oxygen atoms in total. The number of benzene rings is 3. The topological polar surface area (TPSA) is 35.5 Å². The second kappa shape index (κ2) is 9.18. The Kier molecular flexibility index (Phi) is 6.43. The summed E-state index contributed by atoms with van der Waals surface area (Å²) in [5, 5.41) is 0. The monoisotopic (exact) mass is 378 g/mol. The van der Waals surface area contributed by atoms with Crippen molar-refractivity contribution in [3.05, 3.63) is 89.2 Å². The van der Waals surface area contributed by atoms with E-state index < -0.39 is 0 Å². The molecular formula is C24H23FO3. The molecule has 144 valence electrons. The second-order valence-electron chi connectivity index (χ2n) is 6.79. The van der Waals surface area contributed by atoms with Gasteiger partial charge in [-0.1, -0.05) is 24.3 Å². The maximum Gasteiger partial charge on any atom is 0.130 e. The van der Waals surface area contributed by atoms with Crippen molar-refractivity contribution in [2.75, 3.05) is 0 Å². The van der Waals surface area contributed by atoms with Crippen molar-refractivity contribution in [1.29, 1.82) is 0 Å². The van der Waals surface area contributed by atoms with E-state index in [1.54, 1.807) is 19.1 Å². The van der Waals surface area contributed by atoms with Gasteiger partial charge >= 0.3 is 0 Å². The Morgan fingerprint density at radius 2 is 1.71 bits per heavy atom. The fourth-order valence-corrected chi connectivity index (χ4v) is 2.85. The summed E-state index contributed by atoms with van der Waals surface area (Å²) in [6, 6.07) is 19.5. The fourth-order valence-electron chi connectivity index (χ4n) is 2.85. The molecule has 0 saturated heterocycles. The Morgan fingerprint density at radius 3 is 2.43 bits per heavy atom. The molecule has 28 heavy (non-hydrogen) atoms. The molecule has 0 N–H and O–H groups in total. The van der Waals surface area contributed by atoms with Crippen LogP contribution in [0.4, 0.5) is 4.39 Å². The number of ether oxygens (including phenoxy) is 2. The highest BCUT2D eigenvalue weighted by Crippen LogP contribution is 2.25. The molecule has 0 aliphatic heterocycles. The van der Waals surface area contributed by atoms with E-state index >= 15 is 0 Å². The second-order valence-corrected chi connectivity index (χ2v) is 6.79. The molecule has 4 heteroatoms. The highest BCUT2D eigenvalue weighted by Gasteiger charge is 2.05. The zero-order valence-electron chi connectivity index (χ0n) is 16.1. The molecule has 0 spiro atoms. The van der Waals surface area contributed by atoms with E-state index in [4.69, 9.17) is 9.47 Å². The van der Waals surface area contributed by atoms with E-state index in [0.717, 1.165) is 28.9 Å². The Morgan fingerprint density at radius 1 is 0.929 bits per heavy atom. The van der Waals surface area contributed by atoms with Crippen LogP contribution in [0.2, 0.25) is 0 Å². The van der Waals surface area contributed by atoms with Crippen LogP contribution < -0.4 is 9.47 Å². The lowest BCUT2D eigenvalue weighted by atomic mass is 10.1. The van der Waals surface area contributed by atoms with Crippen molar-refractivity contribution in [3.8, 4) is 17.2 Å². The van der Waals surface area contributed by atoms with Gasteiger partial charge in [-0.3, -0.25) is 0 Å². The third-order valence-corrected chi connectivity index (χ3v) is 4.35. The summed E-state index contributed by atoms with van der Waals surface area (Å²) >= 11 is 0. The van der Waals surface area contributed by atoms with Crippen LogP contribution >= 0.6 is 0 Å². The van der Waals surface area contributed by atoms with Gasteiger partial charge in [0.05, 0.1) is 0 Å². The Bertz CT molecular complexity index is 948. The first-order valence-electron chi connectivity index (χ1n) is 9.24. The van der Waals surface area contributed by atoms with E-state index in [0.29, 0.717) is 24.5 Å². The van der Waals surface area contributed by atoms with Gasteiger partial charge in [0.2, 0.25) is 0 Å². The molecule has 0 radical (unpaired) electrons. The lowest BCUT2D eigenvalue weighted by molar-refractivity contribution is -0.116. The third kappa shape index (κ3) is 5.68. The number of halogens is 1. The van der Waals surface area contributed by atoms with E-state index in [-0.39, 0.29) is 11.6 Å². The van der Waals surface area contributed by atoms with Crippen molar-refractivity contribution in [1.82, 2.24) is 0 Å². The van der Waals surface area contributed by atoms with E-state index in [9.17, 15) is 9.18 Å². The Labute approximate surface area is 164 Å². The number of hydrogen-bond donors (Lipinski definition) is 0. The maximum absolute atomic E-state index is 13.0. The number of aryl methyl sites for hydroxylation is 2. The van der Waals surface area contributed by atoms with Gasteiger partial charge in [0.15, 0.2) is 0 Å². The molecule has 0 atom stereocenters. The molecule has 0 unspecified atom stereocenters. The van der Waals surface area contributed by atoms with Gasteiger partial charge < -0.3 is 14.3 Å². The largest absolute Gasteiger partial charge is 0.489 e. The first kappa shape index (κ1) is 19.6. The lowest BCUT2D eigenvalue weighted by Crippen LogP contribution is -1.99. The number of Topliss-reactive ketones (excluding diaryl/α,β-unsaturated/α-hetero) is 1. The number of carbonyl (C=O) groups is 1. The van der Waals surface area contributed by atoms with Crippen LogP contribution in [0, 0.1) is 12.7 Å². The molecule has 3 aromatic rings. The van der Waals surface area contributed by atoms with Crippen LogP contribution in [0.5, 0.6) is 17.2 Å². The minimum atomic E-state index is -0.294. The summed E-state index contributed by atoms with van der Waals surface area (Å²) in [6.45, 7) is 4.02. The summed E-state index contributed by atoms with van der Waals surface area (Å²) in [5.74, 6) is 1.97. The van der Waals surface area contributed by atoms with Gasteiger partial charge in [-0.15, -0.1) is 0 Å². The predicted molar refractivity (Wildman–Crippen MR) is 107 cm³/mol. The zero-order valence-corrected chi connectivity index (χ0v) is 16.1. The van der Waals surface area contributed by atoms with Crippen LogP contribution in [0.3, 0.4) is 0 Å². The first-order chi connectivity index (χ1) is 13.5. The van der Waals surface area contributed by atoms with Gasteiger partial charge in [-0.25, -0.2) is 4.39 Å². The fraction of sp³-hybridized carbons (Fsp3) is 0.208. The lowest BCUT2D eigenvalue weighted by Gasteiger charge is -2.12. The molecule has 0 fully saturated rings. The van der Waals surface area contributed by atoms with Crippen LogP contribution in [0.1, 0.15) is 30.0 Å². The summed E-state index contributed by atoms with van der Waals surface area (Å²) in [5.41, 5.74) is 3.15. The smallest absolute Gasteiger partial charge is 0.130 e. The first-order valence-corrected chi connectivity index (χ1v) is 9.24. The minimum absolute atomic E-state index is 0.195. The number of rotatable bonds is 8. The normalized spacial score (nSPS) is 10.5. The standard InChI is InChI=1S/C24H23FO3/c1-17-14-19(7-6-18(2)26)8-13-24(17)27-16-20-4-3-5-23(15-20)28-22-11-9-21(25)10-12-22/h3-5,8-15H,6-7,16H2,1-2H3. The average molecular weight is 378 g/mol. The third-order valence-electron chi connectivity index (χ3n) is 4.35. The zero-order chi connectivity index (χ0) is 19.9. The molecule has 0 amide bonds. The molecule has 3 rings (SSSR count). The minimum Gasteiger partial charge on any atom is -0.489 e. The molecule has 0 saturated carbocycles. The van der Waals surface area contributed by atoms with Gasteiger partial charge in [0, 0.05) is 6.42 Å². The van der Waals surface area contributed by atoms with Crippen molar-refractivity contribution < 1.29 is 18.7 Å². The molecule has 0 bridgehead atoms. The van der Waals surface area contributed by atoms with E-state index in [1.165, 1.54) is 12.1 Å². The SMILES string of the molecule is CC(=O)CCc1ccc(OCc2cccc(Oc3ccc(F)cc3)c2)c(C)c1. The molecular weight excluding hydrogens is 355 g/mol. The van der Waals surface area contributed by atoms with E-state index in [2.05, 4.69) is 6.07 Å². The predicted octanol–water partition coefficient (Wildman–Crippen LogP) is 6.03. The van der Waals surface area contributed by atoms with Crippen molar-refractivity contribution in [2.24, 2.45) is 0 Å². The highest BCUT2D eigenvalue weighted by molar-refractivity contribution is 5.75. The number of ketones is 1. The van der Waals surface area contributed by atoms with Crippen LogP contribution in [-0.2, 0) is 17.8 Å². The summed E-state index contributed by atoms with van der Waals surface area (Å²) < 4.78 is 24.7. The van der Waals surface area contributed by atoms with Crippen LogP contribution in [-0.4, -0.2) is 5.78 Å². The summed E-state index contributed by atoms with van der Waals surface area (Å²) in [6.07, 6.45) is 1.31. The number of hydrogen-bond acceptors (Lipinski definition) is 3. The van der Waals surface area contributed by atoms with Crippen molar-refractivity contribution in [2.45, 2.75) is 33.3 Å². The molecule has 0 heterocycles. The highest BCUT2D eigenvalue weighted by atomic mass is 19.1. The van der Waals surface area contributed by atoms with Gasteiger partial charge in [-0.2, -0.15) is 0 Å².